The summed E-state index contributed by atoms with van der Waals surface area (Å²) in [4.78, 5) is 14.0. The van der Waals surface area contributed by atoms with Crippen LogP contribution in [0.4, 0.5) is 4.79 Å². The van der Waals surface area contributed by atoms with E-state index >= 15 is 0 Å². The molecule has 3 heterocycles. The topological polar surface area (TPSA) is 38.3 Å². The maximum Gasteiger partial charge on any atom is 0.416 e. The lowest BCUT2D eigenvalue weighted by Gasteiger charge is -2.72. The Balaban J connectivity index is 1.40. The molecule has 8 rings (SSSR count). The van der Waals surface area contributed by atoms with Crippen molar-refractivity contribution in [3.8, 4) is 0 Å². The van der Waals surface area contributed by atoms with E-state index in [0.717, 1.165) is 44.7 Å². The highest BCUT2D eigenvalue weighted by Gasteiger charge is 2.71. The van der Waals surface area contributed by atoms with Gasteiger partial charge in [-0.25, -0.2) is 9.28 Å². The van der Waals surface area contributed by atoms with Gasteiger partial charge in [-0.2, -0.15) is 0 Å². The monoisotopic (exact) mass is 551 g/mol. The van der Waals surface area contributed by atoms with Gasteiger partial charge in [0.15, 0.2) is 0 Å². The minimum absolute atomic E-state index is 0.00852. The van der Waals surface area contributed by atoms with Crippen LogP contribution in [0.15, 0.2) is 11.1 Å². The van der Waals surface area contributed by atoms with E-state index in [4.69, 9.17) is 4.74 Å². The zero-order valence-electron chi connectivity index (χ0n) is 27.3. The van der Waals surface area contributed by atoms with Crippen LogP contribution in [-0.2, 0) is 4.74 Å². The van der Waals surface area contributed by atoms with Crippen LogP contribution >= 0.6 is 0 Å². The molecule has 40 heavy (non-hydrogen) atoms. The summed E-state index contributed by atoms with van der Waals surface area (Å²) in [6.45, 7) is 22.6. The number of hydrogen-bond donors (Lipinski definition) is 1. The van der Waals surface area contributed by atoms with E-state index in [1.165, 1.54) is 38.5 Å². The third kappa shape index (κ3) is 3.30. The number of allylic oxidation sites excluding steroid dienone is 1. The summed E-state index contributed by atoms with van der Waals surface area (Å²) in [5.41, 5.74) is 4.74. The Bertz CT molecular complexity index is 1130. The summed E-state index contributed by atoms with van der Waals surface area (Å²) in [5.74, 6) is 2.56. The number of carbonyl (C=O) groups excluding carboxylic acids is 1. The summed E-state index contributed by atoms with van der Waals surface area (Å²) in [6.07, 6.45) is 12.9. The average Bonchev–Trinajstić information content (AvgIpc) is 3.42. The van der Waals surface area contributed by atoms with Gasteiger partial charge in [0.1, 0.15) is 0 Å². The Hall–Kier alpha value is -0.870. The third-order valence-corrected chi connectivity index (χ3v) is 15.6. The minimum Gasteiger partial charge on any atom is -0.368 e. The highest BCUT2D eigenvalue weighted by Crippen LogP contribution is 2.77. The van der Waals surface area contributed by atoms with Crippen molar-refractivity contribution in [3.05, 3.63) is 11.1 Å². The standard InChI is InChI=1S/C36H58N2O2/c1-22(2)28-24-20-33(5)16-17-35(7)23(29(28)33)12-13-27-34(6)21-25(40-24)30(37-31(39)38(9)18-10-11-19-38)32(3,4)26(34)14-15-36(27,35)8/h22-27,30H,10-21H2,1-9H3/p+1/t23-,24?,25+,26+,27?,30?,33+,34+,35-,36-/m1/s1. The van der Waals surface area contributed by atoms with Crippen LogP contribution in [0.3, 0.4) is 0 Å². The van der Waals surface area contributed by atoms with Crippen LogP contribution in [-0.4, -0.2) is 48.9 Å². The third-order valence-electron chi connectivity index (χ3n) is 15.6. The SMILES string of the molecule is CC(C)C1=C2[C@H]3CCC4[C@@]5(C)C[C@@H]6OC1C[C@]2(C)CC[C@@]3(C)[C@]4(C)CC[C@H]5C(C)(C)C6NC(=O)[N+]1(C)CCCC1. The molecule has 0 spiro atoms. The highest BCUT2D eigenvalue weighted by atomic mass is 16.5. The summed E-state index contributed by atoms with van der Waals surface area (Å²) >= 11 is 0. The molecule has 4 nitrogen and oxygen atoms in total. The normalized spacial score (nSPS) is 51.9. The lowest BCUT2D eigenvalue weighted by molar-refractivity contribution is -0.817. The molecule has 1 saturated heterocycles. The maximum absolute atomic E-state index is 14.0. The second-order valence-corrected chi connectivity index (χ2v) is 18.1. The van der Waals surface area contributed by atoms with Crippen molar-refractivity contribution >= 4 is 6.03 Å². The molecule has 4 saturated carbocycles. The Morgan fingerprint density at radius 2 is 1.60 bits per heavy atom. The molecule has 0 aromatic carbocycles. The minimum atomic E-state index is -0.00852. The molecular weight excluding hydrogens is 492 g/mol. The maximum atomic E-state index is 14.0. The van der Waals surface area contributed by atoms with Crippen LogP contribution in [0, 0.1) is 50.7 Å². The first-order chi connectivity index (χ1) is 18.6. The number of nitrogens with zero attached hydrogens (tertiary/aromatic N) is 1. The van der Waals surface area contributed by atoms with Gasteiger partial charge in [-0.05, 0) is 108 Å². The zero-order valence-corrected chi connectivity index (χ0v) is 27.3. The molecule has 0 radical (unpaired) electrons. The summed E-state index contributed by atoms with van der Waals surface area (Å²) in [7, 11) is 2.16. The van der Waals surface area contributed by atoms with Crippen molar-refractivity contribution in [2.45, 2.75) is 138 Å². The lowest BCUT2D eigenvalue weighted by Crippen LogP contribution is -2.71. The molecule has 8 aliphatic rings. The second-order valence-electron chi connectivity index (χ2n) is 18.1. The Labute approximate surface area is 245 Å². The molecule has 3 unspecified atom stereocenters. The number of rotatable bonds is 2. The fourth-order valence-corrected chi connectivity index (χ4v) is 13.5. The van der Waals surface area contributed by atoms with E-state index in [1.807, 2.05) is 5.57 Å². The number of fused-ring (bicyclic) bond motifs is 1. The lowest BCUT2D eigenvalue weighted by atomic mass is 9.32. The van der Waals surface area contributed by atoms with Crippen LogP contribution < -0.4 is 5.32 Å². The van der Waals surface area contributed by atoms with Gasteiger partial charge in [0.2, 0.25) is 0 Å². The predicted molar refractivity (Wildman–Crippen MR) is 162 cm³/mol. The summed E-state index contributed by atoms with van der Waals surface area (Å²) in [5, 5.41) is 3.74. The molecule has 5 fully saturated rings. The number of likely N-dealkylation sites (tertiary alicyclic amines) is 1. The fraction of sp³-hybridized carbons (Fsp3) is 0.917. The molecule has 0 aromatic heterocycles. The highest BCUT2D eigenvalue weighted by molar-refractivity contribution is 5.67. The van der Waals surface area contributed by atoms with Gasteiger partial charge in [0, 0.05) is 12.8 Å². The Kier molecular flexibility index (Phi) is 5.86. The van der Waals surface area contributed by atoms with Gasteiger partial charge in [-0.15, -0.1) is 0 Å². The van der Waals surface area contributed by atoms with Crippen molar-refractivity contribution in [1.82, 2.24) is 5.32 Å². The summed E-state index contributed by atoms with van der Waals surface area (Å²) in [6, 6.07) is 0.304. The molecule has 3 aliphatic heterocycles. The zero-order chi connectivity index (χ0) is 28.7. The van der Waals surface area contributed by atoms with E-state index in [0.29, 0.717) is 33.1 Å². The van der Waals surface area contributed by atoms with Crippen molar-refractivity contribution in [2.24, 2.45) is 50.7 Å². The molecule has 1 N–H and O–H groups in total. The second kappa shape index (κ2) is 8.40. The van der Waals surface area contributed by atoms with E-state index in [1.54, 1.807) is 5.57 Å². The quantitative estimate of drug-likeness (QED) is 0.278. The van der Waals surface area contributed by atoms with E-state index in [-0.39, 0.29) is 40.5 Å². The van der Waals surface area contributed by atoms with Gasteiger partial charge in [0.05, 0.1) is 38.4 Å². The average molecular weight is 552 g/mol. The molecule has 8 bridgehead atoms. The molecule has 0 aromatic rings. The predicted octanol–water partition coefficient (Wildman–Crippen LogP) is 8.11. The summed E-state index contributed by atoms with van der Waals surface area (Å²) < 4.78 is 8.11. The number of quaternary nitrogens is 1. The van der Waals surface area contributed by atoms with Crippen LogP contribution in [0.5, 0.6) is 0 Å². The van der Waals surface area contributed by atoms with Crippen molar-refractivity contribution in [1.29, 1.82) is 0 Å². The molecular formula is C36H59N2O2+. The number of urea groups is 1. The fourth-order valence-electron chi connectivity index (χ4n) is 13.5. The van der Waals surface area contributed by atoms with Crippen molar-refractivity contribution in [2.75, 3.05) is 20.1 Å². The van der Waals surface area contributed by atoms with Crippen LogP contribution in [0.25, 0.3) is 0 Å². The number of hydrogen-bond acceptors (Lipinski definition) is 2. The Morgan fingerprint density at radius 3 is 2.27 bits per heavy atom. The molecule has 4 heteroatoms. The Morgan fingerprint density at radius 1 is 0.900 bits per heavy atom. The molecule has 224 valence electrons. The van der Waals surface area contributed by atoms with Gasteiger partial charge in [0.25, 0.3) is 0 Å². The largest absolute Gasteiger partial charge is 0.416 e. The van der Waals surface area contributed by atoms with E-state index < -0.39 is 0 Å². The van der Waals surface area contributed by atoms with E-state index in [2.05, 4.69) is 67.8 Å². The van der Waals surface area contributed by atoms with E-state index in [9.17, 15) is 4.79 Å². The molecule has 10 atom stereocenters. The van der Waals surface area contributed by atoms with Crippen LogP contribution in [0.2, 0.25) is 0 Å². The molecule has 5 aliphatic carbocycles. The van der Waals surface area contributed by atoms with Gasteiger partial charge in [-0.1, -0.05) is 61.0 Å². The number of nitrogens with one attached hydrogen (secondary N) is 1. The number of ether oxygens (including phenoxy) is 1. The number of carbonyl (C=O) groups is 1. The number of amides is 2. The van der Waals surface area contributed by atoms with Crippen molar-refractivity contribution in [3.63, 3.8) is 0 Å². The van der Waals surface area contributed by atoms with Crippen LogP contribution in [0.1, 0.15) is 120 Å². The molecule has 2 amide bonds. The first kappa shape index (κ1) is 27.9. The van der Waals surface area contributed by atoms with Gasteiger partial charge < -0.3 is 4.74 Å². The first-order valence-electron chi connectivity index (χ1n) is 17.2. The first-order valence-corrected chi connectivity index (χ1v) is 17.2. The van der Waals surface area contributed by atoms with Gasteiger partial charge >= 0.3 is 6.03 Å². The van der Waals surface area contributed by atoms with Crippen molar-refractivity contribution < 1.29 is 14.0 Å². The van der Waals surface area contributed by atoms with Gasteiger partial charge in [-0.3, -0.25) is 5.32 Å². The smallest absolute Gasteiger partial charge is 0.368 e.